The van der Waals surface area contributed by atoms with Gasteiger partial charge in [-0.25, -0.2) is 9.78 Å². The van der Waals surface area contributed by atoms with Crippen LogP contribution in [0.2, 0.25) is 0 Å². The fourth-order valence-corrected chi connectivity index (χ4v) is 1.52. The highest BCUT2D eigenvalue weighted by Crippen LogP contribution is 2.17. The van der Waals surface area contributed by atoms with Crippen molar-refractivity contribution >= 4 is 5.97 Å². The lowest BCUT2D eigenvalue weighted by Crippen LogP contribution is -2.06. The summed E-state index contributed by atoms with van der Waals surface area (Å²) in [6, 6.07) is 13.4. The Hall–Kier alpha value is -2.16. The van der Waals surface area contributed by atoms with E-state index < -0.39 is 0 Å². The van der Waals surface area contributed by atoms with Crippen LogP contribution in [0.1, 0.15) is 17.4 Å². The molecule has 0 saturated carbocycles. The lowest BCUT2D eigenvalue weighted by atomic mass is 10.1. The van der Waals surface area contributed by atoms with Gasteiger partial charge in [0.25, 0.3) is 0 Å². The van der Waals surface area contributed by atoms with Crippen LogP contribution >= 0.6 is 0 Å². The highest BCUT2D eigenvalue weighted by Gasteiger charge is 2.07. The summed E-state index contributed by atoms with van der Waals surface area (Å²) in [5, 5.41) is 0. The summed E-state index contributed by atoms with van der Waals surface area (Å²) in [5.41, 5.74) is 2.40. The van der Waals surface area contributed by atoms with Crippen molar-refractivity contribution in [2.75, 3.05) is 6.61 Å². The molecule has 0 fully saturated rings. The Kier molecular flexibility index (Phi) is 3.50. The molecule has 3 heteroatoms. The van der Waals surface area contributed by atoms with Gasteiger partial charge in [0.1, 0.15) is 5.69 Å². The van der Waals surface area contributed by atoms with Crippen LogP contribution in [0.15, 0.2) is 48.7 Å². The molecule has 17 heavy (non-hydrogen) atoms. The number of hydrogen-bond donors (Lipinski definition) is 0. The average Bonchev–Trinajstić information content (AvgIpc) is 2.40. The number of rotatable bonds is 3. The summed E-state index contributed by atoms with van der Waals surface area (Å²) in [7, 11) is 0. The van der Waals surface area contributed by atoms with Crippen molar-refractivity contribution in [2.24, 2.45) is 0 Å². The maximum atomic E-state index is 11.4. The maximum absolute atomic E-state index is 11.4. The number of pyridine rings is 1. The predicted molar refractivity (Wildman–Crippen MR) is 65.6 cm³/mol. The van der Waals surface area contributed by atoms with E-state index in [0.717, 1.165) is 11.1 Å². The second-order valence-electron chi connectivity index (χ2n) is 3.52. The van der Waals surface area contributed by atoms with Gasteiger partial charge >= 0.3 is 5.97 Å². The average molecular weight is 227 g/mol. The Bertz CT molecular complexity index is 491. The molecule has 3 nitrogen and oxygen atoms in total. The largest absolute Gasteiger partial charge is 0.461 e. The van der Waals surface area contributed by atoms with Gasteiger partial charge in [-0.2, -0.15) is 0 Å². The van der Waals surface area contributed by atoms with E-state index in [9.17, 15) is 4.79 Å². The van der Waals surface area contributed by atoms with Crippen molar-refractivity contribution in [1.82, 2.24) is 4.98 Å². The van der Waals surface area contributed by atoms with Gasteiger partial charge < -0.3 is 4.74 Å². The molecule has 0 N–H and O–H groups in total. The SMILES string of the molecule is CCOC(=O)c1ccc(-c2ccccc2)cn1. The smallest absolute Gasteiger partial charge is 0.356 e. The Morgan fingerprint density at radius 2 is 1.88 bits per heavy atom. The zero-order valence-electron chi connectivity index (χ0n) is 9.59. The second-order valence-corrected chi connectivity index (χ2v) is 3.52. The minimum Gasteiger partial charge on any atom is -0.461 e. The predicted octanol–water partition coefficient (Wildman–Crippen LogP) is 2.93. The third-order valence-corrected chi connectivity index (χ3v) is 2.36. The molecule has 0 saturated heterocycles. The number of hydrogen-bond acceptors (Lipinski definition) is 3. The molecule has 2 rings (SSSR count). The first-order chi connectivity index (χ1) is 8.31. The number of ether oxygens (including phenoxy) is 1. The third-order valence-electron chi connectivity index (χ3n) is 2.36. The molecule has 1 aromatic heterocycles. The van der Waals surface area contributed by atoms with Crippen LogP contribution in [-0.2, 0) is 4.74 Å². The van der Waals surface area contributed by atoms with Crippen molar-refractivity contribution < 1.29 is 9.53 Å². The van der Waals surface area contributed by atoms with E-state index in [2.05, 4.69) is 4.98 Å². The Balaban J connectivity index is 2.22. The molecule has 0 bridgehead atoms. The fourth-order valence-electron chi connectivity index (χ4n) is 1.52. The van der Waals surface area contributed by atoms with Crippen LogP contribution in [0, 0.1) is 0 Å². The molecule has 0 amide bonds. The molecule has 86 valence electrons. The molecule has 1 aromatic carbocycles. The molecule has 0 aliphatic heterocycles. The summed E-state index contributed by atoms with van der Waals surface area (Å²) < 4.78 is 4.87. The number of benzene rings is 1. The van der Waals surface area contributed by atoms with Gasteiger partial charge in [-0.15, -0.1) is 0 Å². The molecule has 0 unspecified atom stereocenters. The molecule has 0 atom stereocenters. The van der Waals surface area contributed by atoms with Gasteiger partial charge in [0.2, 0.25) is 0 Å². The summed E-state index contributed by atoms with van der Waals surface area (Å²) >= 11 is 0. The molecule has 0 aliphatic rings. The van der Waals surface area contributed by atoms with Crippen LogP contribution in [0.3, 0.4) is 0 Å². The second kappa shape index (κ2) is 5.25. The standard InChI is InChI=1S/C14H13NO2/c1-2-17-14(16)13-9-8-12(10-15-13)11-6-4-3-5-7-11/h3-10H,2H2,1H3. The highest BCUT2D eigenvalue weighted by molar-refractivity contribution is 5.87. The van der Waals surface area contributed by atoms with Gasteiger partial charge in [0, 0.05) is 11.8 Å². The molecular formula is C14H13NO2. The Labute approximate surface area is 100 Å². The van der Waals surface area contributed by atoms with Crippen molar-refractivity contribution in [3.8, 4) is 11.1 Å². The maximum Gasteiger partial charge on any atom is 0.356 e. The van der Waals surface area contributed by atoms with E-state index in [1.165, 1.54) is 0 Å². The number of carbonyl (C=O) groups is 1. The summed E-state index contributed by atoms with van der Waals surface area (Å²) in [6.45, 7) is 2.14. The molecule has 0 spiro atoms. The van der Waals surface area contributed by atoms with Crippen molar-refractivity contribution in [3.63, 3.8) is 0 Å². The topological polar surface area (TPSA) is 39.2 Å². The van der Waals surface area contributed by atoms with Crippen LogP contribution in [0.5, 0.6) is 0 Å². The quantitative estimate of drug-likeness (QED) is 0.757. The fraction of sp³-hybridized carbons (Fsp3) is 0.143. The lowest BCUT2D eigenvalue weighted by molar-refractivity contribution is 0.0519. The van der Waals surface area contributed by atoms with Crippen LogP contribution in [-0.4, -0.2) is 17.6 Å². The van der Waals surface area contributed by atoms with Gasteiger partial charge in [-0.05, 0) is 18.6 Å². The molecule has 0 radical (unpaired) electrons. The van der Waals surface area contributed by atoms with E-state index in [1.807, 2.05) is 36.4 Å². The minimum atomic E-state index is -0.382. The Morgan fingerprint density at radius 3 is 2.47 bits per heavy atom. The van der Waals surface area contributed by atoms with Gasteiger partial charge in [-0.1, -0.05) is 36.4 Å². The van der Waals surface area contributed by atoms with Crippen molar-refractivity contribution in [1.29, 1.82) is 0 Å². The number of aromatic nitrogens is 1. The molecular weight excluding hydrogens is 214 g/mol. The lowest BCUT2D eigenvalue weighted by Gasteiger charge is -2.03. The first-order valence-electron chi connectivity index (χ1n) is 5.50. The first-order valence-corrected chi connectivity index (χ1v) is 5.50. The van der Waals surface area contributed by atoms with Gasteiger partial charge in [-0.3, -0.25) is 0 Å². The van der Waals surface area contributed by atoms with Crippen LogP contribution < -0.4 is 0 Å². The van der Waals surface area contributed by atoms with E-state index in [-0.39, 0.29) is 5.97 Å². The summed E-state index contributed by atoms with van der Waals surface area (Å²) in [6.07, 6.45) is 1.68. The monoisotopic (exact) mass is 227 g/mol. The zero-order valence-corrected chi connectivity index (χ0v) is 9.59. The van der Waals surface area contributed by atoms with Crippen LogP contribution in [0.4, 0.5) is 0 Å². The number of esters is 1. The van der Waals surface area contributed by atoms with Crippen LogP contribution in [0.25, 0.3) is 11.1 Å². The highest BCUT2D eigenvalue weighted by atomic mass is 16.5. The van der Waals surface area contributed by atoms with E-state index in [4.69, 9.17) is 4.74 Å². The minimum absolute atomic E-state index is 0.339. The van der Waals surface area contributed by atoms with Crippen molar-refractivity contribution in [2.45, 2.75) is 6.92 Å². The van der Waals surface area contributed by atoms with E-state index in [0.29, 0.717) is 12.3 Å². The first kappa shape index (κ1) is 11.3. The van der Waals surface area contributed by atoms with Gasteiger partial charge in [0.15, 0.2) is 0 Å². The summed E-state index contributed by atoms with van der Waals surface area (Å²) in [5.74, 6) is -0.382. The summed E-state index contributed by atoms with van der Waals surface area (Å²) in [4.78, 5) is 15.5. The Morgan fingerprint density at radius 1 is 1.12 bits per heavy atom. The normalized spacial score (nSPS) is 9.94. The number of nitrogens with zero attached hydrogens (tertiary/aromatic N) is 1. The number of carbonyl (C=O) groups excluding carboxylic acids is 1. The zero-order chi connectivity index (χ0) is 12.1. The van der Waals surface area contributed by atoms with Crippen molar-refractivity contribution in [3.05, 3.63) is 54.4 Å². The third kappa shape index (κ3) is 2.69. The van der Waals surface area contributed by atoms with E-state index in [1.54, 1.807) is 19.2 Å². The molecule has 2 aromatic rings. The molecule has 1 heterocycles. The van der Waals surface area contributed by atoms with Gasteiger partial charge in [0.05, 0.1) is 6.61 Å². The molecule has 0 aliphatic carbocycles. The van der Waals surface area contributed by atoms with E-state index >= 15 is 0 Å².